The van der Waals surface area contributed by atoms with E-state index in [1.807, 2.05) is 24.3 Å². The fourth-order valence-electron chi connectivity index (χ4n) is 4.48. The van der Waals surface area contributed by atoms with Crippen LogP contribution >= 0.6 is 0 Å². The Kier molecular flexibility index (Phi) is 4.90. The van der Waals surface area contributed by atoms with Crippen LogP contribution in [0, 0.1) is 0 Å². The Labute approximate surface area is 175 Å². The molecular formula is C23H25NO6. The maximum Gasteiger partial charge on any atom is 0.231 e. The maximum absolute atomic E-state index is 12.9. The van der Waals surface area contributed by atoms with Gasteiger partial charge in [0.05, 0.1) is 7.11 Å². The summed E-state index contributed by atoms with van der Waals surface area (Å²) >= 11 is 0. The smallest absolute Gasteiger partial charge is 0.231 e. The number of hydrogen-bond acceptors (Lipinski definition) is 7. The average molecular weight is 411 g/mol. The quantitative estimate of drug-likeness (QED) is 0.723. The first-order valence-corrected chi connectivity index (χ1v) is 10.2. The standard InChI is InChI=1S/C23H25NO6/c1-24-8-7-15-10-20-22(30-13-29-20)23(26-2)21(15)17(24)11-16(25)5-3-14-4-6-18-19(9-14)28-12-27-18/h4,6,9-10,17H,3,5,7-8,11-13H2,1-2H3. The van der Waals surface area contributed by atoms with Gasteiger partial charge in [-0.1, -0.05) is 6.07 Å². The van der Waals surface area contributed by atoms with Gasteiger partial charge in [0, 0.05) is 31.0 Å². The van der Waals surface area contributed by atoms with Gasteiger partial charge in [0.1, 0.15) is 5.78 Å². The molecule has 30 heavy (non-hydrogen) atoms. The number of nitrogens with zero attached hydrogens (tertiary/aromatic N) is 1. The number of aryl methyl sites for hydroxylation is 1. The molecule has 3 aliphatic rings. The van der Waals surface area contributed by atoms with Gasteiger partial charge in [0.25, 0.3) is 0 Å². The third-order valence-corrected chi connectivity index (χ3v) is 6.10. The summed E-state index contributed by atoms with van der Waals surface area (Å²) in [5.74, 6) is 3.79. The van der Waals surface area contributed by atoms with Gasteiger partial charge in [-0.05, 0) is 49.2 Å². The normalized spacial score (nSPS) is 18.9. The van der Waals surface area contributed by atoms with E-state index in [0.717, 1.165) is 41.3 Å². The Morgan fingerprint density at radius 3 is 2.77 bits per heavy atom. The lowest BCUT2D eigenvalue weighted by molar-refractivity contribution is -0.120. The molecule has 0 saturated carbocycles. The number of rotatable bonds is 6. The van der Waals surface area contributed by atoms with Gasteiger partial charge < -0.3 is 23.7 Å². The van der Waals surface area contributed by atoms with Gasteiger partial charge in [-0.2, -0.15) is 0 Å². The van der Waals surface area contributed by atoms with Crippen LogP contribution in [0.1, 0.15) is 35.6 Å². The third kappa shape index (κ3) is 3.33. The van der Waals surface area contributed by atoms with Gasteiger partial charge >= 0.3 is 0 Å². The monoisotopic (exact) mass is 411 g/mol. The first-order chi connectivity index (χ1) is 14.6. The topological polar surface area (TPSA) is 66.5 Å². The number of Topliss-reactive ketones (excluding diaryl/α,β-unsaturated/α-hetero) is 1. The van der Waals surface area contributed by atoms with Crippen LogP contribution in [0.5, 0.6) is 28.7 Å². The van der Waals surface area contributed by atoms with Crippen LogP contribution in [0.25, 0.3) is 0 Å². The summed E-state index contributed by atoms with van der Waals surface area (Å²) in [5.41, 5.74) is 3.29. The van der Waals surface area contributed by atoms with Gasteiger partial charge in [-0.3, -0.25) is 9.69 Å². The summed E-state index contributed by atoms with van der Waals surface area (Å²) < 4.78 is 27.7. The number of carbonyl (C=O) groups is 1. The van der Waals surface area contributed by atoms with Crippen molar-refractivity contribution in [3.63, 3.8) is 0 Å². The second kappa shape index (κ2) is 7.72. The average Bonchev–Trinajstić information content (AvgIpc) is 3.41. The van der Waals surface area contributed by atoms with Crippen LogP contribution in [0.2, 0.25) is 0 Å². The second-order valence-corrected chi connectivity index (χ2v) is 7.89. The van der Waals surface area contributed by atoms with E-state index in [-0.39, 0.29) is 25.4 Å². The lowest BCUT2D eigenvalue weighted by Gasteiger charge is -2.35. The molecule has 0 spiro atoms. The van der Waals surface area contributed by atoms with Crippen molar-refractivity contribution in [2.24, 2.45) is 0 Å². The SMILES string of the molecule is COc1c2c(cc3c1C(CC(=O)CCc1ccc4c(c1)OCO4)N(C)CC3)OCO2. The van der Waals surface area contributed by atoms with Crippen molar-refractivity contribution in [2.45, 2.75) is 31.7 Å². The van der Waals surface area contributed by atoms with E-state index in [1.165, 1.54) is 5.56 Å². The Hall–Kier alpha value is -2.93. The molecule has 0 radical (unpaired) electrons. The molecule has 7 nitrogen and oxygen atoms in total. The van der Waals surface area contributed by atoms with Crippen molar-refractivity contribution in [1.82, 2.24) is 4.90 Å². The summed E-state index contributed by atoms with van der Waals surface area (Å²) in [4.78, 5) is 15.2. The number of benzene rings is 2. The Morgan fingerprint density at radius 2 is 1.90 bits per heavy atom. The molecule has 1 atom stereocenters. The molecule has 0 fully saturated rings. The molecular weight excluding hydrogens is 386 g/mol. The van der Waals surface area contributed by atoms with Gasteiger partial charge in [0.15, 0.2) is 23.0 Å². The van der Waals surface area contributed by atoms with Gasteiger partial charge in [0.2, 0.25) is 19.3 Å². The highest BCUT2D eigenvalue weighted by Crippen LogP contribution is 2.50. The van der Waals surface area contributed by atoms with Crippen LogP contribution in [-0.2, 0) is 17.6 Å². The summed E-state index contributed by atoms with van der Waals surface area (Å²) in [7, 11) is 3.70. The van der Waals surface area contributed by atoms with Crippen LogP contribution < -0.4 is 23.7 Å². The van der Waals surface area contributed by atoms with Crippen LogP contribution in [0.4, 0.5) is 0 Å². The maximum atomic E-state index is 12.9. The summed E-state index contributed by atoms with van der Waals surface area (Å²) in [6.45, 7) is 1.34. The minimum absolute atomic E-state index is 0.0394. The second-order valence-electron chi connectivity index (χ2n) is 7.89. The molecule has 0 bridgehead atoms. The largest absolute Gasteiger partial charge is 0.492 e. The van der Waals surface area contributed by atoms with Gasteiger partial charge in [-0.25, -0.2) is 0 Å². The molecule has 1 unspecified atom stereocenters. The summed E-state index contributed by atoms with van der Waals surface area (Å²) in [6.07, 6.45) is 2.48. The van der Waals surface area contributed by atoms with Crippen molar-refractivity contribution < 1.29 is 28.5 Å². The van der Waals surface area contributed by atoms with E-state index in [0.29, 0.717) is 30.8 Å². The minimum Gasteiger partial charge on any atom is -0.492 e. The Balaban J connectivity index is 1.33. The van der Waals surface area contributed by atoms with E-state index in [9.17, 15) is 4.79 Å². The Bertz CT molecular complexity index is 988. The highest BCUT2D eigenvalue weighted by molar-refractivity contribution is 5.80. The molecule has 2 aromatic rings. The lowest BCUT2D eigenvalue weighted by Crippen LogP contribution is -2.34. The number of hydrogen-bond donors (Lipinski definition) is 0. The van der Waals surface area contributed by atoms with Crippen molar-refractivity contribution in [3.05, 3.63) is 41.0 Å². The summed E-state index contributed by atoms with van der Waals surface area (Å²) in [6, 6.07) is 7.86. The number of carbonyl (C=O) groups excluding carboxylic acids is 1. The van der Waals surface area contributed by atoms with E-state index < -0.39 is 0 Å². The predicted molar refractivity (Wildman–Crippen MR) is 109 cm³/mol. The first kappa shape index (κ1) is 19.1. The number of ketones is 1. The first-order valence-electron chi connectivity index (χ1n) is 10.2. The molecule has 5 rings (SSSR count). The number of fused-ring (bicyclic) bond motifs is 3. The zero-order valence-corrected chi connectivity index (χ0v) is 17.2. The van der Waals surface area contributed by atoms with Crippen LogP contribution in [-0.4, -0.2) is 45.0 Å². The number of methoxy groups -OCH3 is 1. The van der Waals surface area contributed by atoms with E-state index in [2.05, 4.69) is 11.9 Å². The van der Waals surface area contributed by atoms with Crippen molar-refractivity contribution in [2.75, 3.05) is 34.3 Å². The zero-order valence-electron chi connectivity index (χ0n) is 17.2. The minimum atomic E-state index is -0.0394. The fraction of sp³-hybridized carbons (Fsp3) is 0.435. The van der Waals surface area contributed by atoms with Crippen molar-refractivity contribution >= 4 is 5.78 Å². The molecule has 0 amide bonds. The van der Waals surface area contributed by atoms with E-state index in [4.69, 9.17) is 23.7 Å². The predicted octanol–water partition coefficient (Wildman–Crippen LogP) is 3.27. The molecule has 3 aliphatic heterocycles. The molecule has 0 aromatic heterocycles. The van der Waals surface area contributed by atoms with Crippen molar-refractivity contribution in [1.29, 1.82) is 0 Å². The molecule has 0 saturated heterocycles. The molecule has 158 valence electrons. The molecule has 0 aliphatic carbocycles. The van der Waals surface area contributed by atoms with Crippen molar-refractivity contribution in [3.8, 4) is 28.7 Å². The zero-order chi connectivity index (χ0) is 20.7. The molecule has 0 N–H and O–H groups in total. The Morgan fingerprint density at radius 1 is 1.10 bits per heavy atom. The summed E-state index contributed by atoms with van der Waals surface area (Å²) in [5, 5.41) is 0. The van der Waals surface area contributed by atoms with E-state index in [1.54, 1.807) is 7.11 Å². The fourth-order valence-corrected chi connectivity index (χ4v) is 4.48. The van der Waals surface area contributed by atoms with E-state index >= 15 is 0 Å². The van der Waals surface area contributed by atoms with Crippen LogP contribution in [0.3, 0.4) is 0 Å². The lowest BCUT2D eigenvalue weighted by atomic mass is 9.87. The van der Waals surface area contributed by atoms with Gasteiger partial charge in [-0.15, -0.1) is 0 Å². The number of likely N-dealkylation sites (N-methyl/N-ethyl adjacent to an activating group) is 1. The highest BCUT2D eigenvalue weighted by Gasteiger charge is 2.34. The molecule has 3 heterocycles. The third-order valence-electron chi connectivity index (χ3n) is 6.10. The highest BCUT2D eigenvalue weighted by atomic mass is 16.7. The number of ether oxygens (including phenoxy) is 5. The molecule has 2 aromatic carbocycles. The molecule has 7 heteroatoms. The van der Waals surface area contributed by atoms with Crippen LogP contribution in [0.15, 0.2) is 24.3 Å².